The maximum atomic E-state index is 3.49. The van der Waals surface area contributed by atoms with Crippen LogP contribution in [0.15, 0.2) is 0 Å². The Hall–Kier alpha value is -0.0400. The quantitative estimate of drug-likeness (QED) is 0.758. The molecule has 0 amide bonds. The number of hydrogen-bond donors (Lipinski definition) is 1. The molecule has 0 aromatic carbocycles. The van der Waals surface area contributed by atoms with E-state index in [4.69, 9.17) is 0 Å². The predicted octanol–water partition coefficient (Wildman–Crippen LogP) is 4.62. The molecule has 1 heteroatoms. The highest BCUT2D eigenvalue weighted by Crippen LogP contribution is 2.34. The van der Waals surface area contributed by atoms with Gasteiger partial charge in [0.2, 0.25) is 0 Å². The van der Waals surface area contributed by atoms with Gasteiger partial charge in [-0.2, -0.15) is 0 Å². The SMILES string of the molecule is CCC1CCCC(NC)CCC[C@H](C)C1CC. The fraction of sp³-hybridized carbons (Fsp3) is 1.00. The average Bonchev–Trinajstić information content (AvgIpc) is 2.35. The van der Waals surface area contributed by atoms with E-state index in [1.807, 2.05) is 0 Å². The topological polar surface area (TPSA) is 12.0 Å². The highest BCUT2D eigenvalue weighted by Gasteiger charge is 2.25. The van der Waals surface area contributed by atoms with Crippen molar-refractivity contribution in [1.82, 2.24) is 5.32 Å². The van der Waals surface area contributed by atoms with Gasteiger partial charge >= 0.3 is 0 Å². The lowest BCUT2D eigenvalue weighted by Gasteiger charge is -2.33. The Morgan fingerprint density at radius 1 is 0.941 bits per heavy atom. The van der Waals surface area contributed by atoms with Crippen LogP contribution in [0.3, 0.4) is 0 Å². The van der Waals surface area contributed by atoms with Gasteiger partial charge < -0.3 is 5.32 Å². The van der Waals surface area contributed by atoms with Crippen molar-refractivity contribution < 1.29 is 0 Å². The second-order valence-corrected chi connectivity index (χ2v) is 6.07. The molecule has 0 radical (unpaired) electrons. The molecule has 0 aliphatic heterocycles. The van der Waals surface area contributed by atoms with Gasteiger partial charge in [0.15, 0.2) is 0 Å². The Morgan fingerprint density at radius 2 is 1.59 bits per heavy atom. The summed E-state index contributed by atoms with van der Waals surface area (Å²) in [5.74, 6) is 2.89. The Kier molecular flexibility index (Phi) is 7.18. The van der Waals surface area contributed by atoms with E-state index in [1.54, 1.807) is 0 Å². The zero-order valence-corrected chi connectivity index (χ0v) is 12.5. The Labute approximate surface area is 109 Å². The van der Waals surface area contributed by atoms with Crippen LogP contribution < -0.4 is 5.32 Å². The van der Waals surface area contributed by atoms with Crippen LogP contribution in [0.25, 0.3) is 0 Å². The lowest BCUT2D eigenvalue weighted by Crippen LogP contribution is -2.28. The van der Waals surface area contributed by atoms with Gasteiger partial charge in [-0.05, 0) is 37.6 Å². The van der Waals surface area contributed by atoms with E-state index >= 15 is 0 Å². The Balaban J connectivity index is 2.59. The molecule has 1 aliphatic rings. The third-order valence-electron chi connectivity index (χ3n) is 5.08. The van der Waals surface area contributed by atoms with Crippen molar-refractivity contribution in [1.29, 1.82) is 0 Å². The first-order chi connectivity index (χ1) is 8.22. The normalized spacial score (nSPS) is 36.7. The summed E-state index contributed by atoms with van der Waals surface area (Å²) in [4.78, 5) is 0. The highest BCUT2D eigenvalue weighted by atomic mass is 14.9. The number of rotatable bonds is 3. The lowest BCUT2D eigenvalue weighted by molar-refractivity contribution is 0.187. The molecule has 1 aliphatic carbocycles. The molecule has 4 atom stereocenters. The summed E-state index contributed by atoms with van der Waals surface area (Å²) in [7, 11) is 2.13. The molecule has 1 nitrogen and oxygen atoms in total. The molecule has 102 valence electrons. The molecule has 3 unspecified atom stereocenters. The van der Waals surface area contributed by atoms with E-state index in [-0.39, 0.29) is 0 Å². The maximum Gasteiger partial charge on any atom is 0.00640 e. The van der Waals surface area contributed by atoms with Gasteiger partial charge in [-0.1, -0.05) is 59.3 Å². The molecule has 0 bridgehead atoms. The van der Waals surface area contributed by atoms with Crippen LogP contribution in [0.1, 0.15) is 72.1 Å². The molecule has 0 saturated heterocycles. The molecule has 0 aromatic rings. The van der Waals surface area contributed by atoms with Crippen molar-refractivity contribution in [3.05, 3.63) is 0 Å². The van der Waals surface area contributed by atoms with E-state index in [9.17, 15) is 0 Å². The van der Waals surface area contributed by atoms with Gasteiger partial charge in [0.25, 0.3) is 0 Å². The molecule has 1 N–H and O–H groups in total. The number of nitrogens with one attached hydrogen (secondary N) is 1. The van der Waals surface area contributed by atoms with Crippen LogP contribution in [-0.4, -0.2) is 13.1 Å². The van der Waals surface area contributed by atoms with Crippen LogP contribution in [0.2, 0.25) is 0 Å². The minimum Gasteiger partial charge on any atom is -0.317 e. The van der Waals surface area contributed by atoms with Crippen LogP contribution in [0.4, 0.5) is 0 Å². The fourth-order valence-electron chi connectivity index (χ4n) is 3.88. The maximum absolute atomic E-state index is 3.49. The standard InChI is InChI=1S/C16H33N/c1-5-14-10-8-12-15(17-4)11-7-9-13(3)16(14)6-2/h13-17H,5-12H2,1-4H3/t13-,14?,15?,16?/m0/s1. The van der Waals surface area contributed by atoms with E-state index < -0.39 is 0 Å². The molecule has 0 spiro atoms. The van der Waals surface area contributed by atoms with Gasteiger partial charge in [0, 0.05) is 6.04 Å². The third-order valence-corrected chi connectivity index (χ3v) is 5.08. The van der Waals surface area contributed by atoms with Crippen molar-refractivity contribution in [2.45, 2.75) is 78.2 Å². The smallest absolute Gasteiger partial charge is 0.00640 e. The summed E-state index contributed by atoms with van der Waals surface area (Å²) in [6.07, 6.45) is 11.3. The van der Waals surface area contributed by atoms with E-state index in [1.165, 1.54) is 51.4 Å². The molecule has 17 heavy (non-hydrogen) atoms. The Bertz CT molecular complexity index is 190. The third kappa shape index (κ3) is 4.62. The van der Waals surface area contributed by atoms with Gasteiger partial charge in [-0.15, -0.1) is 0 Å². The minimum atomic E-state index is 0.776. The summed E-state index contributed by atoms with van der Waals surface area (Å²) in [6, 6.07) is 0.776. The Morgan fingerprint density at radius 3 is 2.12 bits per heavy atom. The zero-order chi connectivity index (χ0) is 12.7. The van der Waals surface area contributed by atoms with Gasteiger partial charge in [0.1, 0.15) is 0 Å². The van der Waals surface area contributed by atoms with Gasteiger partial charge in [-0.3, -0.25) is 0 Å². The monoisotopic (exact) mass is 239 g/mol. The van der Waals surface area contributed by atoms with Crippen molar-refractivity contribution in [2.75, 3.05) is 7.05 Å². The molecule has 0 aromatic heterocycles. The summed E-state index contributed by atoms with van der Waals surface area (Å²) < 4.78 is 0. The lowest BCUT2D eigenvalue weighted by atomic mass is 9.74. The summed E-state index contributed by atoms with van der Waals surface area (Å²) in [5.41, 5.74) is 0. The molecular weight excluding hydrogens is 206 g/mol. The molecule has 0 heterocycles. The summed E-state index contributed by atoms with van der Waals surface area (Å²) >= 11 is 0. The predicted molar refractivity (Wildman–Crippen MR) is 77.3 cm³/mol. The molecule has 1 saturated carbocycles. The van der Waals surface area contributed by atoms with Gasteiger partial charge in [0.05, 0.1) is 0 Å². The molecular formula is C16H33N. The second kappa shape index (κ2) is 8.13. The minimum absolute atomic E-state index is 0.776. The summed E-state index contributed by atoms with van der Waals surface area (Å²) in [6.45, 7) is 7.28. The van der Waals surface area contributed by atoms with E-state index in [2.05, 4.69) is 33.1 Å². The van der Waals surface area contributed by atoms with Crippen LogP contribution in [0.5, 0.6) is 0 Å². The van der Waals surface area contributed by atoms with Crippen molar-refractivity contribution in [3.63, 3.8) is 0 Å². The first-order valence-corrected chi connectivity index (χ1v) is 7.90. The molecule has 1 fully saturated rings. The van der Waals surface area contributed by atoms with Crippen LogP contribution in [-0.2, 0) is 0 Å². The zero-order valence-electron chi connectivity index (χ0n) is 12.5. The van der Waals surface area contributed by atoms with Gasteiger partial charge in [-0.25, -0.2) is 0 Å². The highest BCUT2D eigenvalue weighted by molar-refractivity contribution is 4.77. The van der Waals surface area contributed by atoms with Crippen molar-refractivity contribution in [3.8, 4) is 0 Å². The number of hydrogen-bond acceptors (Lipinski definition) is 1. The first-order valence-electron chi connectivity index (χ1n) is 7.90. The summed E-state index contributed by atoms with van der Waals surface area (Å²) in [5, 5.41) is 3.49. The van der Waals surface area contributed by atoms with Crippen LogP contribution in [0, 0.1) is 17.8 Å². The van der Waals surface area contributed by atoms with Crippen molar-refractivity contribution in [2.24, 2.45) is 17.8 Å². The molecule has 1 rings (SSSR count). The van der Waals surface area contributed by atoms with E-state index in [0.717, 1.165) is 23.8 Å². The van der Waals surface area contributed by atoms with E-state index in [0.29, 0.717) is 0 Å². The van der Waals surface area contributed by atoms with Crippen LogP contribution >= 0.6 is 0 Å². The largest absolute Gasteiger partial charge is 0.317 e. The first kappa shape index (κ1) is 15.0. The average molecular weight is 239 g/mol. The second-order valence-electron chi connectivity index (χ2n) is 6.07. The van der Waals surface area contributed by atoms with Crippen molar-refractivity contribution >= 4 is 0 Å². The fourth-order valence-corrected chi connectivity index (χ4v) is 3.88.